The lowest BCUT2D eigenvalue weighted by molar-refractivity contribution is -0.143. The number of esters is 1. The minimum Gasteiger partial charge on any atom is -0.466 e. The molecule has 0 spiro atoms. The van der Waals surface area contributed by atoms with Gasteiger partial charge in [-0.3, -0.25) is 9.59 Å². The fourth-order valence-corrected chi connectivity index (χ4v) is 9.43. The molecule has 0 aromatic carbocycles. The molecule has 0 aliphatic rings. The molecule has 6 nitrogen and oxygen atoms in total. The van der Waals surface area contributed by atoms with Crippen LogP contribution in [-0.4, -0.2) is 47.4 Å². The van der Waals surface area contributed by atoms with Crippen LogP contribution in [0.1, 0.15) is 328 Å². The molecule has 6 heteroatoms. The highest BCUT2D eigenvalue weighted by atomic mass is 16.5. The first-order valence-corrected chi connectivity index (χ1v) is 30.8. The molecule has 0 aromatic rings. The lowest BCUT2D eigenvalue weighted by atomic mass is 10.0. The van der Waals surface area contributed by atoms with Gasteiger partial charge in [-0.25, -0.2) is 0 Å². The predicted octanol–water partition coefficient (Wildman–Crippen LogP) is 19.2. The number of hydrogen-bond donors (Lipinski definition) is 3. The smallest absolute Gasteiger partial charge is 0.305 e. The molecule has 406 valence electrons. The second-order valence-electron chi connectivity index (χ2n) is 21.0. The molecule has 0 aliphatic heterocycles. The van der Waals surface area contributed by atoms with Crippen LogP contribution in [0.25, 0.3) is 0 Å². The summed E-state index contributed by atoms with van der Waals surface area (Å²) in [5.74, 6) is -0.0687. The van der Waals surface area contributed by atoms with E-state index in [4.69, 9.17) is 4.74 Å². The third-order valence-electron chi connectivity index (χ3n) is 14.2. The highest BCUT2D eigenvalue weighted by Crippen LogP contribution is 2.17. The minimum absolute atomic E-state index is 0.0108. The average Bonchev–Trinajstić information content (AvgIpc) is 3.35. The van der Waals surface area contributed by atoms with Gasteiger partial charge in [0.15, 0.2) is 0 Å². The number of nitrogens with one attached hydrogen (secondary N) is 1. The van der Waals surface area contributed by atoms with E-state index in [9.17, 15) is 19.8 Å². The van der Waals surface area contributed by atoms with Crippen molar-refractivity contribution in [2.45, 2.75) is 341 Å². The van der Waals surface area contributed by atoms with Crippen molar-refractivity contribution < 1.29 is 24.5 Å². The Hall–Kier alpha value is -1.92. The van der Waals surface area contributed by atoms with E-state index in [2.05, 4.69) is 43.5 Å². The van der Waals surface area contributed by atoms with Gasteiger partial charge in [0.2, 0.25) is 5.91 Å². The number of rotatable bonds is 57. The number of unbranched alkanes of at least 4 members (excludes halogenated alkanes) is 42. The molecule has 0 aromatic heterocycles. The van der Waals surface area contributed by atoms with Crippen molar-refractivity contribution in [2.75, 3.05) is 13.2 Å². The van der Waals surface area contributed by atoms with Crippen LogP contribution in [0, 0.1) is 0 Å². The zero-order valence-corrected chi connectivity index (χ0v) is 46.3. The first-order chi connectivity index (χ1) is 34.0. The number of ether oxygens (including phenoxy) is 1. The van der Waals surface area contributed by atoms with Crippen LogP contribution in [-0.2, 0) is 14.3 Å². The SMILES string of the molecule is CCCCCCCCCCC/C=C/C(O)C(CO)NC(=O)CCCCCCCCC/C=C\C/C=C\CCCCCCCCCCCOC(=O)CCCCCCCCCCCCCCCCCCCC. The second-order valence-corrected chi connectivity index (χ2v) is 21.0. The maximum atomic E-state index is 12.4. The molecular formula is C63H119NO5. The summed E-state index contributed by atoms with van der Waals surface area (Å²) < 4.78 is 5.49. The van der Waals surface area contributed by atoms with Gasteiger partial charge in [-0.15, -0.1) is 0 Å². The average molecular weight is 971 g/mol. The molecule has 0 aliphatic carbocycles. The molecule has 0 radical (unpaired) electrons. The summed E-state index contributed by atoms with van der Waals surface area (Å²) in [5, 5.41) is 23.0. The lowest BCUT2D eigenvalue weighted by Crippen LogP contribution is -2.45. The molecule has 0 bridgehead atoms. The van der Waals surface area contributed by atoms with Crippen molar-refractivity contribution in [1.82, 2.24) is 5.32 Å². The van der Waals surface area contributed by atoms with Gasteiger partial charge in [0, 0.05) is 12.8 Å². The third kappa shape index (κ3) is 55.2. The molecule has 3 N–H and O–H groups in total. The molecule has 0 rings (SSSR count). The number of carbonyl (C=O) groups is 2. The summed E-state index contributed by atoms with van der Waals surface area (Å²) in [4.78, 5) is 24.5. The molecule has 1 amide bonds. The number of aliphatic hydroxyl groups is 2. The van der Waals surface area contributed by atoms with E-state index in [0.717, 1.165) is 57.8 Å². The van der Waals surface area contributed by atoms with Gasteiger partial charge in [-0.05, 0) is 64.2 Å². The Morgan fingerprint density at radius 2 is 0.725 bits per heavy atom. The highest BCUT2D eigenvalue weighted by molar-refractivity contribution is 5.76. The van der Waals surface area contributed by atoms with Crippen molar-refractivity contribution in [3.05, 3.63) is 36.5 Å². The fourth-order valence-electron chi connectivity index (χ4n) is 9.43. The first kappa shape index (κ1) is 67.1. The maximum absolute atomic E-state index is 12.4. The number of hydrogen-bond acceptors (Lipinski definition) is 5. The molecule has 0 saturated carbocycles. The Morgan fingerprint density at radius 3 is 1.10 bits per heavy atom. The number of carbonyl (C=O) groups excluding carboxylic acids is 2. The third-order valence-corrected chi connectivity index (χ3v) is 14.2. The van der Waals surface area contributed by atoms with E-state index in [1.54, 1.807) is 6.08 Å². The van der Waals surface area contributed by atoms with Crippen molar-refractivity contribution in [1.29, 1.82) is 0 Å². The summed E-state index contributed by atoms with van der Waals surface area (Å²) in [6.45, 7) is 4.90. The number of amides is 1. The zero-order valence-electron chi connectivity index (χ0n) is 46.3. The normalized spacial score (nSPS) is 12.8. The zero-order chi connectivity index (χ0) is 50.0. The van der Waals surface area contributed by atoms with E-state index in [1.807, 2.05) is 6.08 Å². The van der Waals surface area contributed by atoms with Crippen LogP contribution >= 0.6 is 0 Å². The Labute approximate surface area is 430 Å². The predicted molar refractivity (Wildman–Crippen MR) is 301 cm³/mol. The number of allylic oxidation sites excluding steroid dienone is 5. The van der Waals surface area contributed by atoms with Crippen molar-refractivity contribution in [3.63, 3.8) is 0 Å². The van der Waals surface area contributed by atoms with Crippen LogP contribution in [0.5, 0.6) is 0 Å². The van der Waals surface area contributed by atoms with Crippen LogP contribution in [0.15, 0.2) is 36.5 Å². The van der Waals surface area contributed by atoms with Crippen LogP contribution < -0.4 is 5.32 Å². The molecule has 2 unspecified atom stereocenters. The van der Waals surface area contributed by atoms with Gasteiger partial charge in [0.05, 0.1) is 25.4 Å². The Balaban J connectivity index is 3.42. The topological polar surface area (TPSA) is 95.9 Å². The molecule has 0 heterocycles. The largest absolute Gasteiger partial charge is 0.466 e. The highest BCUT2D eigenvalue weighted by Gasteiger charge is 2.18. The molecular weight excluding hydrogens is 851 g/mol. The van der Waals surface area contributed by atoms with Gasteiger partial charge < -0.3 is 20.3 Å². The van der Waals surface area contributed by atoms with E-state index in [0.29, 0.717) is 19.4 Å². The summed E-state index contributed by atoms with van der Waals surface area (Å²) in [5.41, 5.74) is 0. The monoisotopic (exact) mass is 970 g/mol. The summed E-state index contributed by atoms with van der Waals surface area (Å²) in [6.07, 6.45) is 73.3. The van der Waals surface area contributed by atoms with E-state index < -0.39 is 12.1 Å². The van der Waals surface area contributed by atoms with Crippen LogP contribution in [0.3, 0.4) is 0 Å². The van der Waals surface area contributed by atoms with Gasteiger partial charge >= 0.3 is 5.97 Å². The van der Waals surface area contributed by atoms with Gasteiger partial charge in [0.25, 0.3) is 0 Å². The lowest BCUT2D eigenvalue weighted by Gasteiger charge is -2.20. The van der Waals surface area contributed by atoms with E-state index >= 15 is 0 Å². The van der Waals surface area contributed by atoms with E-state index in [1.165, 1.54) is 244 Å². The van der Waals surface area contributed by atoms with Crippen molar-refractivity contribution >= 4 is 11.9 Å². The quantitative estimate of drug-likeness (QED) is 0.0321. The minimum atomic E-state index is -0.850. The number of aliphatic hydroxyl groups excluding tert-OH is 2. The summed E-state index contributed by atoms with van der Waals surface area (Å²) >= 11 is 0. The molecule has 0 fully saturated rings. The second kappa shape index (κ2) is 58.6. The van der Waals surface area contributed by atoms with Crippen molar-refractivity contribution in [2.24, 2.45) is 0 Å². The summed E-state index contributed by atoms with van der Waals surface area (Å²) in [7, 11) is 0. The van der Waals surface area contributed by atoms with Crippen molar-refractivity contribution in [3.8, 4) is 0 Å². The fraction of sp³-hybridized carbons (Fsp3) is 0.873. The Kier molecular flexibility index (Phi) is 57.0. The standard InChI is InChI=1S/C63H119NO5/c1-3-5-7-9-11-13-15-16-17-18-27-30-33-37-41-45-49-53-57-63(68)69-58-54-50-46-42-38-34-31-28-25-23-21-19-20-22-24-26-29-32-36-40-44-48-52-56-62(67)64-60(59-65)61(66)55-51-47-43-39-35-14-12-10-8-6-4-2/h19,21-22,24,51,55,60-61,65-66H,3-18,20,23,25-50,52-54,56-59H2,1-2H3,(H,64,67)/b21-19-,24-22-,55-51+. The Bertz CT molecular complexity index is 1120. The molecule has 69 heavy (non-hydrogen) atoms. The Morgan fingerprint density at radius 1 is 0.406 bits per heavy atom. The van der Waals surface area contributed by atoms with Crippen LogP contribution in [0.2, 0.25) is 0 Å². The maximum Gasteiger partial charge on any atom is 0.305 e. The van der Waals surface area contributed by atoms with Gasteiger partial charge in [-0.2, -0.15) is 0 Å². The van der Waals surface area contributed by atoms with E-state index in [-0.39, 0.29) is 18.5 Å². The molecule has 2 atom stereocenters. The van der Waals surface area contributed by atoms with Gasteiger partial charge in [-0.1, -0.05) is 288 Å². The van der Waals surface area contributed by atoms with Crippen LogP contribution in [0.4, 0.5) is 0 Å². The summed E-state index contributed by atoms with van der Waals surface area (Å²) in [6, 6.07) is -0.634. The first-order valence-electron chi connectivity index (χ1n) is 30.8. The van der Waals surface area contributed by atoms with Gasteiger partial charge in [0.1, 0.15) is 0 Å². The molecule has 0 saturated heterocycles.